The highest BCUT2D eigenvalue weighted by atomic mass is 32.5. The fourth-order valence-electron chi connectivity index (χ4n) is 1.85. The molecule has 2 rings (SSSR count). The predicted octanol–water partition coefficient (Wildman–Crippen LogP) is 5.71. The normalized spacial score (nSPS) is 16.6. The number of aryl methyl sites for hydroxylation is 1. The third-order valence-electron chi connectivity index (χ3n) is 2.65. The molecule has 0 saturated heterocycles. The SMILES string of the molecule is CCCn1ccc2cc(S(F)(F)(F)(F)F)ccc21. The molecule has 0 saturated carbocycles. The van der Waals surface area contributed by atoms with Gasteiger partial charge >= 0.3 is 10.2 Å². The maximum Gasteiger partial charge on any atom is 0.310 e. The molecule has 0 atom stereocenters. The average Bonchev–Trinajstić information content (AvgIpc) is 2.58. The second kappa shape index (κ2) is 3.20. The van der Waals surface area contributed by atoms with Crippen LogP contribution in [0.2, 0.25) is 0 Å². The van der Waals surface area contributed by atoms with Crippen molar-refractivity contribution >= 4 is 21.1 Å². The predicted molar refractivity (Wildman–Crippen MR) is 63.6 cm³/mol. The van der Waals surface area contributed by atoms with Gasteiger partial charge in [0.15, 0.2) is 0 Å². The van der Waals surface area contributed by atoms with Crippen LogP contribution in [-0.4, -0.2) is 4.57 Å². The summed E-state index contributed by atoms with van der Waals surface area (Å²) in [6.07, 6.45) is 2.41. The second-order valence-corrected chi connectivity index (χ2v) is 6.61. The summed E-state index contributed by atoms with van der Waals surface area (Å²) in [5.74, 6) is 0. The molecule has 1 heterocycles. The van der Waals surface area contributed by atoms with Gasteiger partial charge in [-0.05, 0) is 30.7 Å². The lowest BCUT2D eigenvalue weighted by molar-refractivity contribution is 0.364. The zero-order chi connectivity index (χ0) is 13.7. The lowest BCUT2D eigenvalue weighted by atomic mass is 10.2. The Labute approximate surface area is 101 Å². The summed E-state index contributed by atoms with van der Waals surface area (Å²) in [4.78, 5) is -1.84. The van der Waals surface area contributed by atoms with Gasteiger partial charge in [-0.15, -0.1) is 0 Å². The van der Waals surface area contributed by atoms with Crippen molar-refractivity contribution in [1.29, 1.82) is 0 Å². The van der Waals surface area contributed by atoms with Gasteiger partial charge < -0.3 is 4.57 Å². The van der Waals surface area contributed by atoms with E-state index in [0.29, 0.717) is 24.2 Å². The number of hydrogen-bond donors (Lipinski definition) is 0. The molecule has 0 fully saturated rings. The first-order valence-corrected chi connectivity index (χ1v) is 7.29. The fourth-order valence-corrected chi connectivity index (χ4v) is 2.53. The molecule has 0 bridgehead atoms. The minimum Gasteiger partial charge on any atom is -0.347 e. The van der Waals surface area contributed by atoms with Gasteiger partial charge in [-0.2, -0.15) is 0 Å². The number of hydrogen-bond acceptors (Lipinski definition) is 0. The quantitative estimate of drug-likeness (QED) is 0.637. The van der Waals surface area contributed by atoms with Crippen molar-refractivity contribution in [3.8, 4) is 0 Å². The maximum atomic E-state index is 12.6. The minimum absolute atomic E-state index is 0.175. The molecule has 0 unspecified atom stereocenters. The van der Waals surface area contributed by atoms with Crippen LogP contribution >= 0.6 is 10.2 Å². The molecule has 0 spiro atoms. The van der Waals surface area contributed by atoms with Gasteiger partial charge in [0.25, 0.3) is 0 Å². The monoisotopic (exact) mass is 285 g/mol. The molecule has 102 valence electrons. The standard InChI is InChI=1S/C11H12F5NS/c1-2-6-17-7-5-9-8-10(3-4-11(9)17)18(12,13,14,15)16/h3-5,7-8H,2,6H2,1H3. The van der Waals surface area contributed by atoms with E-state index in [2.05, 4.69) is 0 Å². The molecule has 0 radical (unpaired) electrons. The molecule has 0 aliphatic carbocycles. The molecule has 7 heteroatoms. The van der Waals surface area contributed by atoms with Gasteiger partial charge in [0, 0.05) is 23.6 Å². The van der Waals surface area contributed by atoms with Gasteiger partial charge in [-0.3, -0.25) is 0 Å². The Morgan fingerprint density at radius 1 is 1.06 bits per heavy atom. The Hall–Kier alpha value is -1.24. The zero-order valence-electron chi connectivity index (χ0n) is 9.55. The first kappa shape index (κ1) is 13.2. The van der Waals surface area contributed by atoms with E-state index < -0.39 is 15.1 Å². The Balaban J connectivity index is 2.61. The number of nitrogens with zero attached hydrogens (tertiary/aromatic N) is 1. The summed E-state index contributed by atoms with van der Waals surface area (Å²) < 4.78 is 64.9. The Morgan fingerprint density at radius 3 is 2.28 bits per heavy atom. The number of rotatable bonds is 3. The summed E-state index contributed by atoms with van der Waals surface area (Å²) in [6.45, 7) is 2.56. The van der Waals surface area contributed by atoms with Crippen molar-refractivity contribution in [3.05, 3.63) is 30.5 Å². The summed E-state index contributed by atoms with van der Waals surface area (Å²) in [7, 11) is -9.57. The Kier molecular flexibility index (Phi) is 2.35. The van der Waals surface area contributed by atoms with E-state index >= 15 is 0 Å². The van der Waals surface area contributed by atoms with Gasteiger partial charge in [0.2, 0.25) is 0 Å². The van der Waals surface area contributed by atoms with E-state index in [0.717, 1.165) is 12.5 Å². The molecule has 0 N–H and O–H groups in total. The van der Waals surface area contributed by atoms with Crippen molar-refractivity contribution in [2.45, 2.75) is 24.8 Å². The molecule has 1 aromatic carbocycles. The molecule has 0 aliphatic rings. The van der Waals surface area contributed by atoms with Crippen LogP contribution in [0.25, 0.3) is 10.9 Å². The summed E-state index contributed by atoms with van der Waals surface area (Å²) in [6, 6.07) is 3.48. The first-order valence-electron chi connectivity index (χ1n) is 5.34. The molecule has 2 aromatic rings. The number of aromatic nitrogens is 1. The van der Waals surface area contributed by atoms with Crippen LogP contribution in [0.4, 0.5) is 19.4 Å². The van der Waals surface area contributed by atoms with Crippen molar-refractivity contribution in [1.82, 2.24) is 4.57 Å². The molecule has 1 aromatic heterocycles. The largest absolute Gasteiger partial charge is 0.347 e. The molecule has 1 nitrogen and oxygen atoms in total. The van der Waals surface area contributed by atoms with Crippen molar-refractivity contribution in [2.75, 3.05) is 0 Å². The Bertz CT molecular complexity index is 599. The molecule has 0 amide bonds. The highest BCUT2D eigenvalue weighted by Gasteiger charge is 2.65. The van der Waals surface area contributed by atoms with Crippen LogP contribution < -0.4 is 0 Å². The molecule has 18 heavy (non-hydrogen) atoms. The van der Waals surface area contributed by atoms with Crippen molar-refractivity contribution < 1.29 is 19.4 Å². The highest BCUT2D eigenvalue weighted by molar-refractivity contribution is 8.45. The summed E-state index contributed by atoms with van der Waals surface area (Å²) >= 11 is 0. The van der Waals surface area contributed by atoms with E-state index in [4.69, 9.17) is 0 Å². The fraction of sp³-hybridized carbons (Fsp3) is 0.273. The van der Waals surface area contributed by atoms with Crippen molar-refractivity contribution in [3.63, 3.8) is 0 Å². The smallest absolute Gasteiger partial charge is 0.310 e. The zero-order valence-corrected chi connectivity index (χ0v) is 10.4. The van der Waals surface area contributed by atoms with Gasteiger partial charge in [-0.1, -0.05) is 26.4 Å². The van der Waals surface area contributed by atoms with E-state index in [1.807, 2.05) is 6.92 Å². The third-order valence-corrected chi connectivity index (χ3v) is 3.80. The van der Waals surface area contributed by atoms with E-state index in [9.17, 15) is 19.4 Å². The number of fused-ring (bicyclic) bond motifs is 1. The van der Waals surface area contributed by atoms with Crippen LogP contribution in [0.5, 0.6) is 0 Å². The highest BCUT2D eigenvalue weighted by Crippen LogP contribution is 3.02. The topological polar surface area (TPSA) is 4.93 Å². The van der Waals surface area contributed by atoms with Crippen LogP contribution in [0.15, 0.2) is 35.4 Å². The first-order chi connectivity index (χ1) is 8.01. The van der Waals surface area contributed by atoms with Gasteiger partial charge in [-0.25, -0.2) is 0 Å². The summed E-state index contributed by atoms with van der Waals surface area (Å²) in [5, 5.41) is 0.175. The number of benzene rings is 1. The minimum atomic E-state index is -9.57. The van der Waals surface area contributed by atoms with Gasteiger partial charge in [0.05, 0.1) is 0 Å². The van der Waals surface area contributed by atoms with E-state index in [-0.39, 0.29) is 5.39 Å². The third kappa shape index (κ3) is 2.45. The Morgan fingerprint density at radius 2 is 1.72 bits per heavy atom. The van der Waals surface area contributed by atoms with Crippen LogP contribution in [0.1, 0.15) is 13.3 Å². The molecular formula is C11H12F5NS. The maximum absolute atomic E-state index is 12.6. The average molecular weight is 285 g/mol. The van der Waals surface area contributed by atoms with E-state index in [1.54, 1.807) is 10.8 Å². The van der Waals surface area contributed by atoms with Crippen LogP contribution in [0, 0.1) is 0 Å². The van der Waals surface area contributed by atoms with Crippen molar-refractivity contribution in [2.24, 2.45) is 0 Å². The summed E-state index contributed by atoms with van der Waals surface area (Å²) in [5.41, 5.74) is 0.530. The molecule has 0 aliphatic heterocycles. The van der Waals surface area contributed by atoms with Crippen LogP contribution in [-0.2, 0) is 6.54 Å². The lowest BCUT2D eigenvalue weighted by Gasteiger charge is -2.40. The lowest BCUT2D eigenvalue weighted by Crippen LogP contribution is -2.05. The number of halogens is 5. The molecular weight excluding hydrogens is 273 g/mol. The second-order valence-electron chi connectivity index (χ2n) is 4.20. The van der Waals surface area contributed by atoms with E-state index in [1.165, 1.54) is 6.07 Å². The van der Waals surface area contributed by atoms with Gasteiger partial charge in [0.1, 0.15) is 4.90 Å². The van der Waals surface area contributed by atoms with Crippen LogP contribution in [0.3, 0.4) is 0 Å².